The highest BCUT2D eigenvalue weighted by Crippen LogP contribution is 2.43. The first kappa shape index (κ1) is 20.1. The zero-order valence-corrected chi connectivity index (χ0v) is 18.0. The predicted octanol–water partition coefficient (Wildman–Crippen LogP) is 5.52. The normalized spacial score (nSPS) is 16.4. The largest absolute Gasteiger partial charge is 0.496 e. The fourth-order valence-electron chi connectivity index (χ4n) is 3.03. The molecule has 1 saturated heterocycles. The molecule has 1 heterocycles. The third-order valence-corrected chi connectivity index (χ3v) is 6.21. The summed E-state index contributed by atoms with van der Waals surface area (Å²) in [6.45, 7) is 3.56. The zero-order valence-electron chi connectivity index (χ0n) is 15.6. The summed E-state index contributed by atoms with van der Waals surface area (Å²) in [5, 5.41) is -0.0505. The number of hydrogen-bond donors (Lipinski definition) is 0. The standard InChI is InChI=1S/C21H24BrNO3S/c1-3-4-12-26-17-8-5-15(6-9-17)20(24)23-11-13-27-21(23)18-14-16(22)7-10-19(18)25-2/h5-10,14,21H,3-4,11-13H2,1-2H3. The van der Waals surface area contributed by atoms with Gasteiger partial charge in [-0.25, -0.2) is 0 Å². The van der Waals surface area contributed by atoms with Crippen molar-refractivity contribution in [2.75, 3.05) is 26.0 Å². The first-order valence-corrected chi connectivity index (χ1v) is 11.0. The molecular formula is C21H24BrNO3S. The first-order valence-electron chi connectivity index (χ1n) is 9.13. The van der Waals surface area contributed by atoms with E-state index in [1.807, 2.05) is 47.4 Å². The third kappa shape index (κ3) is 4.79. The van der Waals surface area contributed by atoms with Gasteiger partial charge in [-0.05, 0) is 48.9 Å². The molecule has 1 fully saturated rings. The van der Waals surface area contributed by atoms with Gasteiger partial charge in [-0.15, -0.1) is 11.8 Å². The van der Waals surface area contributed by atoms with Crippen molar-refractivity contribution in [2.45, 2.75) is 25.1 Å². The maximum Gasteiger partial charge on any atom is 0.255 e. The predicted molar refractivity (Wildman–Crippen MR) is 114 cm³/mol. The molecule has 0 N–H and O–H groups in total. The van der Waals surface area contributed by atoms with E-state index in [4.69, 9.17) is 9.47 Å². The Hall–Kier alpha value is -1.66. The Morgan fingerprint density at radius 3 is 2.74 bits per heavy atom. The highest BCUT2D eigenvalue weighted by molar-refractivity contribution is 9.10. The van der Waals surface area contributed by atoms with E-state index in [-0.39, 0.29) is 11.3 Å². The number of halogens is 1. The number of thioether (sulfide) groups is 1. The monoisotopic (exact) mass is 449 g/mol. The Bertz CT molecular complexity index is 781. The Kier molecular flexibility index (Phi) is 7.07. The lowest BCUT2D eigenvalue weighted by Crippen LogP contribution is -2.30. The van der Waals surface area contributed by atoms with Crippen molar-refractivity contribution in [3.05, 3.63) is 58.1 Å². The molecule has 6 heteroatoms. The van der Waals surface area contributed by atoms with E-state index >= 15 is 0 Å². The number of rotatable bonds is 7. The smallest absolute Gasteiger partial charge is 0.255 e. The number of carbonyl (C=O) groups is 1. The van der Waals surface area contributed by atoms with Crippen LogP contribution in [0.1, 0.15) is 41.1 Å². The number of carbonyl (C=O) groups excluding carboxylic acids is 1. The van der Waals surface area contributed by atoms with E-state index in [2.05, 4.69) is 22.9 Å². The summed E-state index contributed by atoms with van der Waals surface area (Å²) in [6.07, 6.45) is 2.13. The van der Waals surface area contributed by atoms with Crippen LogP contribution in [0.4, 0.5) is 0 Å². The second-order valence-electron chi connectivity index (χ2n) is 6.33. The Morgan fingerprint density at radius 1 is 1.26 bits per heavy atom. The van der Waals surface area contributed by atoms with Crippen molar-refractivity contribution in [3.63, 3.8) is 0 Å². The number of amides is 1. The van der Waals surface area contributed by atoms with Crippen LogP contribution < -0.4 is 9.47 Å². The summed E-state index contributed by atoms with van der Waals surface area (Å²) in [7, 11) is 1.66. The molecule has 4 nitrogen and oxygen atoms in total. The molecule has 1 unspecified atom stereocenters. The SMILES string of the molecule is CCCCOc1ccc(C(=O)N2CCSC2c2cc(Br)ccc2OC)cc1. The van der Waals surface area contributed by atoms with Gasteiger partial charge >= 0.3 is 0 Å². The minimum atomic E-state index is -0.0505. The average molecular weight is 450 g/mol. The molecule has 0 spiro atoms. The van der Waals surface area contributed by atoms with Crippen LogP contribution >= 0.6 is 27.7 Å². The summed E-state index contributed by atoms with van der Waals surface area (Å²) >= 11 is 5.29. The molecule has 0 saturated carbocycles. The molecule has 0 bridgehead atoms. The Morgan fingerprint density at radius 2 is 2.04 bits per heavy atom. The van der Waals surface area contributed by atoms with Gasteiger partial charge in [0.2, 0.25) is 0 Å². The highest BCUT2D eigenvalue weighted by Gasteiger charge is 2.33. The molecule has 0 aromatic heterocycles. The number of ether oxygens (including phenoxy) is 2. The van der Waals surface area contributed by atoms with Crippen LogP contribution in [0.2, 0.25) is 0 Å². The quantitative estimate of drug-likeness (QED) is 0.521. The number of methoxy groups -OCH3 is 1. The minimum Gasteiger partial charge on any atom is -0.496 e. The summed E-state index contributed by atoms with van der Waals surface area (Å²) < 4.78 is 12.2. The summed E-state index contributed by atoms with van der Waals surface area (Å²) in [5.41, 5.74) is 1.70. The third-order valence-electron chi connectivity index (χ3n) is 4.48. The highest BCUT2D eigenvalue weighted by atomic mass is 79.9. The van der Waals surface area contributed by atoms with Gasteiger partial charge in [0.15, 0.2) is 0 Å². The molecule has 1 aliphatic rings. The van der Waals surface area contributed by atoms with Crippen molar-refractivity contribution in [2.24, 2.45) is 0 Å². The maximum absolute atomic E-state index is 13.1. The molecule has 2 aromatic rings. The van der Waals surface area contributed by atoms with Gasteiger partial charge in [0.25, 0.3) is 5.91 Å². The Labute approximate surface area is 173 Å². The molecule has 1 aliphatic heterocycles. The van der Waals surface area contributed by atoms with Crippen LogP contribution in [-0.2, 0) is 0 Å². The second-order valence-corrected chi connectivity index (χ2v) is 8.44. The molecule has 1 amide bonds. The summed E-state index contributed by atoms with van der Waals surface area (Å²) in [4.78, 5) is 15.0. The van der Waals surface area contributed by atoms with Gasteiger partial charge in [0.05, 0.1) is 13.7 Å². The van der Waals surface area contributed by atoms with E-state index in [0.717, 1.165) is 46.7 Å². The lowest BCUT2D eigenvalue weighted by atomic mass is 10.1. The molecule has 1 atom stereocenters. The van der Waals surface area contributed by atoms with Crippen LogP contribution in [0, 0.1) is 0 Å². The fourth-order valence-corrected chi connectivity index (χ4v) is 4.68. The van der Waals surface area contributed by atoms with E-state index < -0.39 is 0 Å². The number of benzene rings is 2. The molecular weight excluding hydrogens is 426 g/mol. The molecule has 0 aliphatic carbocycles. The number of unbranched alkanes of at least 4 members (excludes halogenated alkanes) is 1. The lowest BCUT2D eigenvalue weighted by molar-refractivity contribution is 0.0759. The van der Waals surface area contributed by atoms with Crippen molar-refractivity contribution in [3.8, 4) is 11.5 Å². The summed E-state index contributed by atoms with van der Waals surface area (Å²) in [5.74, 6) is 2.55. The van der Waals surface area contributed by atoms with Crippen molar-refractivity contribution < 1.29 is 14.3 Å². The topological polar surface area (TPSA) is 38.8 Å². The van der Waals surface area contributed by atoms with Crippen LogP contribution in [0.25, 0.3) is 0 Å². The average Bonchev–Trinajstić information content (AvgIpc) is 3.18. The zero-order chi connectivity index (χ0) is 19.2. The van der Waals surface area contributed by atoms with Gasteiger partial charge in [-0.3, -0.25) is 4.79 Å². The second kappa shape index (κ2) is 9.51. The van der Waals surface area contributed by atoms with Gasteiger partial charge in [0, 0.05) is 27.9 Å². The van der Waals surface area contributed by atoms with E-state index in [9.17, 15) is 4.79 Å². The molecule has 27 heavy (non-hydrogen) atoms. The van der Waals surface area contributed by atoms with Crippen LogP contribution in [-0.4, -0.2) is 36.8 Å². The lowest BCUT2D eigenvalue weighted by Gasteiger charge is -2.25. The fraction of sp³-hybridized carbons (Fsp3) is 0.381. The van der Waals surface area contributed by atoms with Crippen molar-refractivity contribution >= 4 is 33.6 Å². The van der Waals surface area contributed by atoms with E-state index in [1.165, 1.54) is 0 Å². The molecule has 2 aromatic carbocycles. The maximum atomic E-state index is 13.1. The first-order chi connectivity index (χ1) is 13.1. The Balaban J connectivity index is 1.77. The number of hydrogen-bond acceptors (Lipinski definition) is 4. The van der Waals surface area contributed by atoms with E-state index in [1.54, 1.807) is 18.9 Å². The van der Waals surface area contributed by atoms with Gasteiger partial charge in [-0.2, -0.15) is 0 Å². The molecule has 3 rings (SSSR count). The molecule has 0 radical (unpaired) electrons. The van der Waals surface area contributed by atoms with Crippen LogP contribution in [0.5, 0.6) is 11.5 Å². The van der Waals surface area contributed by atoms with Crippen molar-refractivity contribution in [1.82, 2.24) is 4.90 Å². The van der Waals surface area contributed by atoms with Gasteiger partial charge in [-0.1, -0.05) is 29.3 Å². The molecule has 144 valence electrons. The number of nitrogens with zero attached hydrogens (tertiary/aromatic N) is 1. The van der Waals surface area contributed by atoms with Gasteiger partial charge in [0.1, 0.15) is 16.9 Å². The van der Waals surface area contributed by atoms with Crippen LogP contribution in [0.15, 0.2) is 46.9 Å². The van der Waals surface area contributed by atoms with Crippen LogP contribution in [0.3, 0.4) is 0 Å². The minimum absolute atomic E-state index is 0.0344. The summed E-state index contributed by atoms with van der Waals surface area (Å²) in [6, 6.07) is 13.4. The van der Waals surface area contributed by atoms with Gasteiger partial charge < -0.3 is 14.4 Å². The van der Waals surface area contributed by atoms with E-state index in [0.29, 0.717) is 12.2 Å². The van der Waals surface area contributed by atoms with Crippen molar-refractivity contribution in [1.29, 1.82) is 0 Å².